The Bertz CT molecular complexity index is 670. The molecule has 0 aliphatic heterocycles. The molecule has 6 nitrogen and oxygen atoms in total. The van der Waals surface area contributed by atoms with Crippen molar-refractivity contribution < 1.29 is 23.8 Å². The van der Waals surface area contributed by atoms with Crippen LogP contribution in [-0.2, 0) is 9.53 Å². The Hall–Kier alpha value is -2.50. The van der Waals surface area contributed by atoms with Crippen LogP contribution in [0.1, 0.15) is 31.2 Å². The molecule has 6 heteroatoms. The maximum Gasteiger partial charge on any atom is 0.409 e. The Balaban J connectivity index is 2.23. The van der Waals surface area contributed by atoms with Gasteiger partial charge in [-0.2, -0.15) is 0 Å². The Kier molecular flexibility index (Phi) is 7.06. The van der Waals surface area contributed by atoms with E-state index in [2.05, 4.69) is 0 Å². The molecule has 2 unspecified atom stereocenters. The summed E-state index contributed by atoms with van der Waals surface area (Å²) in [5.74, 6) is 1.000. The zero-order valence-corrected chi connectivity index (χ0v) is 15.9. The molecular weight excluding hydrogens is 334 g/mol. The minimum absolute atomic E-state index is 0.0478. The fourth-order valence-corrected chi connectivity index (χ4v) is 3.36. The Morgan fingerprint density at radius 2 is 2.04 bits per heavy atom. The highest BCUT2D eigenvalue weighted by Gasteiger charge is 2.33. The van der Waals surface area contributed by atoms with Gasteiger partial charge in [0, 0.05) is 19.2 Å². The zero-order valence-electron chi connectivity index (χ0n) is 15.9. The first-order valence-corrected chi connectivity index (χ1v) is 8.82. The SMILES string of the molecule is CCOC(=O)N(C)CCC1CC=CC(=O)C1c1cccc(OC)c1OC. The monoisotopic (exact) mass is 361 g/mol. The van der Waals surface area contributed by atoms with E-state index in [1.54, 1.807) is 39.2 Å². The van der Waals surface area contributed by atoms with Gasteiger partial charge in [0.1, 0.15) is 0 Å². The molecule has 0 radical (unpaired) electrons. The molecule has 1 aliphatic carbocycles. The molecule has 26 heavy (non-hydrogen) atoms. The highest BCUT2D eigenvalue weighted by atomic mass is 16.6. The fraction of sp³-hybridized carbons (Fsp3) is 0.500. The van der Waals surface area contributed by atoms with Crippen molar-refractivity contribution in [2.45, 2.75) is 25.7 Å². The second-order valence-corrected chi connectivity index (χ2v) is 6.27. The molecule has 0 heterocycles. The number of rotatable bonds is 7. The molecule has 0 N–H and O–H groups in total. The largest absolute Gasteiger partial charge is 0.493 e. The second kappa shape index (κ2) is 9.27. The van der Waals surface area contributed by atoms with Gasteiger partial charge in [-0.3, -0.25) is 4.79 Å². The predicted octanol–water partition coefficient (Wildman–Crippen LogP) is 3.41. The fourth-order valence-electron chi connectivity index (χ4n) is 3.36. The normalized spacial score (nSPS) is 19.2. The van der Waals surface area contributed by atoms with Crippen molar-refractivity contribution in [1.82, 2.24) is 4.90 Å². The van der Waals surface area contributed by atoms with E-state index < -0.39 is 0 Å². The third-order valence-corrected chi connectivity index (χ3v) is 4.68. The van der Waals surface area contributed by atoms with E-state index in [0.29, 0.717) is 31.1 Å². The van der Waals surface area contributed by atoms with Gasteiger partial charge in [-0.15, -0.1) is 0 Å². The number of methoxy groups -OCH3 is 2. The molecule has 0 spiro atoms. The number of ketones is 1. The Labute approximate surface area is 154 Å². The number of carbonyl (C=O) groups excluding carboxylic acids is 2. The summed E-state index contributed by atoms with van der Waals surface area (Å²) in [6.07, 6.45) is 4.65. The van der Waals surface area contributed by atoms with Gasteiger partial charge >= 0.3 is 6.09 Å². The van der Waals surface area contributed by atoms with Crippen LogP contribution < -0.4 is 9.47 Å². The number of carbonyl (C=O) groups is 2. The molecule has 0 saturated heterocycles. The van der Waals surface area contributed by atoms with E-state index in [4.69, 9.17) is 14.2 Å². The van der Waals surface area contributed by atoms with Gasteiger partial charge in [-0.1, -0.05) is 18.2 Å². The van der Waals surface area contributed by atoms with Crippen LogP contribution in [0.2, 0.25) is 0 Å². The summed E-state index contributed by atoms with van der Waals surface area (Å²) in [4.78, 5) is 26.0. The van der Waals surface area contributed by atoms with Crippen LogP contribution in [0.15, 0.2) is 30.4 Å². The van der Waals surface area contributed by atoms with Gasteiger partial charge in [0.05, 0.1) is 26.7 Å². The maximum absolute atomic E-state index is 12.7. The van der Waals surface area contributed by atoms with Crippen molar-refractivity contribution in [3.8, 4) is 11.5 Å². The maximum atomic E-state index is 12.7. The number of allylic oxidation sites excluding steroid dienone is 2. The zero-order chi connectivity index (χ0) is 19.1. The van der Waals surface area contributed by atoms with E-state index in [0.717, 1.165) is 12.0 Å². The molecule has 1 aromatic carbocycles. The minimum Gasteiger partial charge on any atom is -0.493 e. The van der Waals surface area contributed by atoms with Crippen molar-refractivity contribution in [3.63, 3.8) is 0 Å². The van der Waals surface area contributed by atoms with Crippen molar-refractivity contribution in [2.24, 2.45) is 5.92 Å². The molecular formula is C20H27NO5. The summed E-state index contributed by atoms with van der Waals surface area (Å²) >= 11 is 0. The second-order valence-electron chi connectivity index (χ2n) is 6.27. The Morgan fingerprint density at radius 1 is 1.27 bits per heavy atom. The first kappa shape index (κ1) is 19.8. The van der Waals surface area contributed by atoms with Crippen LogP contribution in [0.25, 0.3) is 0 Å². The van der Waals surface area contributed by atoms with Crippen molar-refractivity contribution in [2.75, 3.05) is 34.4 Å². The molecule has 0 aromatic heterocycles. The van der Waals surface area contributed by atoms with Crippen LogP contribution in [0.4, 0.5) is 4.79 Å². The smallest absolute Gasteiger partial charge is 0.409 e. The van der Waals surface area contributed by atoms with Gasteiger partial charge in [0.25, 0.3) is 0 Å². The number of benzene rings is 1. The van der Waals surface area contributed by atoms with E-state index in [9.17, 15) is 9.59 Å². The van der Waals surface area contributed by atoms with Crippen LogP contribution in [0.5, 0.6) is 11.5 Å². The van der Waals surface area contributed by atoms with Crippen LogP contribution in [0.3, 0.4) is 0 Å². The molecule has 142 valence electrons. The molecule has 0 fully saturated rings. The molecule has 2 rings (SSSR count). The lowest BCUT2D eigenvalue weighted by Gasteiger charge is -2.30. The molecule has 1 aromatic rings. The first-order valence-electron chi connectivity index (χ1n) is 8.82. The topological polar surface area (TPSA) is 65.1 Å². The molecule has 1 aliphatic rings. The summed E-state index contributed by atoms with van der Waals surface area (Å²) < 4.78 is 15.9. The number of para-hydroxylation sites is 1. The average Bonchev–Trinajstić information content (AvgIpc) is 2.65. The summed E-state index contributed by atoms with van der Waals surface area (Å²) in [5.41, 5.74) is 0.824. The lowest BCUT2D eigenvalue weighted by Crippen LogP contribution is -2.32. The number of amides is 1. The first-order chi connectivity index (χ1) is 12.5. The highest BCUT2D eigenvalue weighted by molar-refractivity contribution is 5.97. The van der Waals surface area contributed by atoms with Gasteiger partial charge in [0.15, 0.2) is 17.3 Å². The third kappa shape index (κ3) is 4.36. The predicted molar refractivity (Wildman–Crippen MR) is 98.8 cm³/mol. The van der Waals surface area contributed by atoms with Gasteiger partial charge in [0.2, 0.25) is 0 Å². The summed E-state index contributed by atoms with van der Waals surface area (Å²) in [7, 11) is 4.86. The quantitative estimate of drug-likeness (QED) is 0.745. The van der Waals surface area contributed by atoms with Crippen LogP contribution >= 0.6 is 0 Å². The third-order valence-electron chi connectivity index (χ3n) is 4.68. The van der Waals surface area contributed by atoms with Crippen molar-refractivity contribution in [3.05, 3.63) is 35.9 Å². The van der Waals surface area contributed by atoms with Crippen molar-refractivity contribution >= 4 is 11.9 Å². The van der Waals surface area contributed by atoms with Crippen LogP contribution in [-0.4, -0.2) is 51.2 Å². The highest BCUT2D eigenvalue weighted by Crippen LogP contribution is 2.42. The van der Waals surface area contributed by atoms with Gasteiger partial charge in [-0.25, -0.2) is 4.79 Å². The van der Waals surface area contributed by atoms with E-state index in [1.165, 1.54) is 0 Å². The number of hydrogen-bond donors (Lipinski definition) is 0. The van der Waals surface area contributed by atoms with Gasteiger partial charge < -0.3 is 19.1 Å². The molecule has 0 saturated carbocycles. The summed E-state index contributed by atoms with van der Waals surface area (Å²) in [6, 6.07) is 5.59. The average molecular weight is 361 g/mol. The number of nitrogens with zero attached hydrogens (tertiary/aromatic N) is 1. The Morgan fingerprint density at radius 3 is 2.69 bits per heavy atom. The lowest BCUT2D eigenvalue weighted by atomic mass is 9.75. The minimum atomic E-state index is -0.347. The van der Waals surface area contributed by atoms with Crippen LogP contribution in [0, 0.1) is 5.92 Å². The molecule has 1 amide bonds. The standard InChI is InChI=1S/C20H27NO5/c1-5-26-20(23)21(2)13-12-14-8-6-10-16(22)18(14)15-9-7-11-17(24-3)19(15)25-4/h6-7,9-11,14,18H,5,8,12-13H2,1-4H3. The van der Waals surface area contributed by atoms with E-state index >= 15 is 0 Å². The van der Waals surface area contributed by atoms with E-state index in [1.807, 2.05) is 24.3 Å². The molecule has 2 atom stereocenters. The van der Waals surface area contributed by atoms with Gasteiger partial charge in [-0.05, 0) is 37.8 Å². The van der Waals surface area contributed by atoms with E-state index in [-0.39, 0.29) is 23.7 Å². The summed E-state index contributed by atoms with van der Waals surface area (Å²) in [6.45, 7) is 2.65. The lowest BCUT2D eigenvalue weighted by molar-refractivity contribution is -0.117. The molecule has 0 bridgehead atoms. The number of hydrogen-bond acceptors (Lipinski definition) is 5. The number of ether oxygens (including phenoxy) is 3. The summed E-state index contributed by atoms with van der Waals surface area (Å²) in [5, 5.41) is 0. The van der Waals surface area contributed by atoms with Crippen molar-refractivity contribution in [1.29, 1.82) is 0 Å².